The fourth-order valence-corrected chi connectivity index (χ4v) is 2.79. The topological polar surface area (TPSA) is 49.4 Å². The lowest BCUT2D eigenvalue weighted by atomic mass is 10.1. The number of hydrogen-bond acceptors (Lipinski definition) is 2. The summed E-state index contributed by atoms with van der Waals surface area (Å²) in [7, 11) is 0. The standard InChI is InChI=1S/C23H22N2O2/c26-22(24-17-19-10-4-1-5-11-19)16-23(27)25(21-14-8-3-9-15-21)18-20-12-6-2-7-13-20/h1-15H,16-18H2,(H,24,26). The number of rotatable bonds is 7. The Kier molecular flexibility index (Phi) is 6.36. The summed E-state index contributed by atoms with van der Waals surface area (Å²) in [5.74, 6) is -0.506. The minimum absolute atomic E-state index is 0.186. The summed E-state index contributed by atoms with van der Waals surface area (Å²) in [6, 6.07) is 28.8. The molecule has 4 heteroatoms. The van der Waals surface area contributed by atoms with Gasteiger partial charge in [-0.25, -0.2) is 0 Å². The number of carbonyl (C=O) groups excluding carboxylic acids is 2. The van der Waals surface area contributed by atoms with Gasteiger partial charge < -0.3 is 10.2 Å². The fraction of sp³-hybridized carbons (Fsp3) is 0.130. The summed E-state index contributed by atoms with van der Waals surface area (Å²) in [6.45, 7) is 0.840. The highest BCUT2D eigenvalue weighted by atomic mass is 16.2. The Morgan fingerprint density at radius 2 is 1.22 bits per heavy atom. The zero-order chi connectivity index (χ0) is 18.9. The van der Waals surface area contributed by atoms with Gasteiger partial charge in [-0.05, 0) is 23.3 Å². The molecule has 3 aromatic rings. The minimum atomic E-state index is -0.280. The van der Waals surface area contributed by atoms with Gasteiger partial charge in [-0.3, -0.25) is 9.59 Å². The predicted octanol–water partition coefficient (Wildman–Crippen LogP) is 3.93. The third-order valence-corrected chi connectivity index (χ3v) is 4.20. The van der Waals surface area contributed by atoms with Gasteiger partial charge in [0.05, 0.1) is 6.54 Å². The Labute approximate surface area is 159 Å². The fourth-order valence-electron chi connectivity index (χ4n) is 2.79. The summed E-state index contributed by atoms with van der Waals surface area (Å²) in [5.41, 5.74) is 2.80. The van der Waals surface area contributed by atoms with E-state index in [-0.39, 0.29) is 18.2 Å². The lowest BCUT2D eigenvalue weighted by molar-refractivity contribution is -0.128. The van der Waals surface area contributed by atoms with Gasteiger partial charge in [-0.2, -0.15) is 0 Å². The van der Waals surface area contributed by atoms with Gasteiger partial charge in [0, 0.05) is 12.2 Å². The SMILES string of the molecule is O=C(CC(=O)N(Cc1ccccc1)c1ccccc1)NCc1ccccc1. The van der Waals surface area contributed by atoms with Gasteiger partial charge in [-0.15, -0.1) is 0 Å². The second kappa shape index (κ2) is 9.34. The largest absolute Gasteiger partial charge is 0.352 e. The number of nitrogens with one attached hydrogen (secondary N) is 1. The van der Waals surface area contributed by atoms with Crippen molar-refractivity contribution in [3.05, 3.63) is 102 Å². The highest BCUT2D eigenvalue weighted by Crippen LogP contribution is 2.18. The third-order valence-electron chi connectivity index (χ3n) is 4.20. The number of amides is 2. The molecule has 27 heavy (non-hydrogen) atoms. The Morgan fingerprint density at radius 3 is 1.81 bits per heavy atom. The lowest BCUT2D eigenvalue weighted by Crippen LogP contribution is -2.35. The van der Waals surface area contributed by atoms with Crippen molar-refractivity contribution in [3.8, 4) is 0 Å². The van der Waals surface area contributed by atoms with E-state index < -0.39 is 0 Å². The Morgan fingerprint density at radius 1 is 0.704 bits per heavy atom. The van der Waals surface area contributed by atoms with Crippen molar-refractivity contribution >= 4 is 17.5 Å². The van der Waals surface area contributed by atoms with Crippen molar-refractivity contribution < 1.29 is 9.59 Å². The van der Waals surface area contributed by atoms with Gasteiger partial charge in [-0.1, -0.05) is 78.9 Å². The van der Waals surface area contributed by atoms with Gasteiger partial charge in [0.2, 0.25) is 11.8 Å². The molecule has 0 heterocycles. The predicted molar refractivity (Wildman–Crippen MR) is 107 cm³/mol. The maximum Gasteiger partial charge on any atom is 0.236 e. The molecule has 0 fully saturated rings. The molecule has 0 aliphatic carbocycles. The maximum atomic E-state index is 12.8. The molecule has 0 aromatic heterocycles. The number of hydrogen-bond donors (Lipinski definition) is 1. The molecule has 0 bridgehead atoms. The van der Waals surface area contributed by atoms with Gasteiger partial charge in [0.1, 0.15) is 6.42 Å². The zero-order valence-electron chi connectivity index (χ0n) is 15.0. The minimum Gasteiger partial charge on any atom is -0.352 e. The van der Waals surface area contributed by atoms with Gasteiger partial charge in [0.25, 0.3) is 0 Å². The second-order valence-electron chi connectivity index (χ2n) is 6.24. The molecule has 2 amide bonds. The molecule has 3 rings (SSSR count). The normalized spacial score (nSPS) is 10.2. The van der Waals surface area contributed by atoms with Crippen molar-refractivity contribution in [2.24, 2.45) is 0 Å². The first-order valence-corrected chi connectivity index (χ1v) is 8.92. The van der Waals surface area contributed by atoms with Crippen molar-refractivity contribution in [1.82, 2.24) is 5.32 Å². The lowest BCUT2D eigenvalue weighted by Gasteiger charge is -2.23. The van der Waals surface area contributed by atoms with Gasteiger partial charge in [0.15, 0.2) is 0 Å². The van der Waals surface area contributed by atoms with Crippen LogP contribution in [0.3, 0.4) is 0 Å². The first kappa shape index (κ1) is 18.4. The summed E-state index contributed by atoms with van der Waals surface area (Å²) in [5, 5.41) is 2.81. The van der Waals surface area contributed by atoms with Crippen LogP contribution < -0.4 is 10.2 Å². The van der Waals surface area contributed by atoms with Crippen LogP contribution in [0.1, 0.15) is 17.5 Å². The van der Waals surface area contributed by atoms with Crippen LogP contribution in [0.2, 0.25) is 0 Å². The highest BCUT2D eigenvalue weighted by Gasteiger charge is 2.19. The van der Waals surface area contributed by atoms with E-state index >= 15 is 0 Å². The van der Waals surface area contributed by atoms with E-state index in [2.05, 4.69) is 5.32 Å². The van der Waals surface area contributed by atoms with Crippen molar-refractivity contribution in [1.29, 1.82) is 0 Å². The van der Waals surface area contributed by atoms with Crippen LogP contribution in [0.4, 0.5) is 5.69 Å². The van der Waals surface area contributed by atoms with Crippen LogP contribution in [0.5, 0.6) is 0 Å². The summed E-state index contributed by atoms with van der Waals surface area (Å²) < 4.78 is 0. The van der Waals surface area contributed by atoms with Crippen molar-refractivity contribution in [2.45, 2.75) is 19.5 Å². The number of benzene rings is 3. The van der Waals surface area contributed by atoms with E-state index in [9.17, 15) is 9.59 Å². The first-order chi connectivity index (χ1) is 13.2. The molecule has 0 saturated carbocycles. The summed E-state index contributed by atoms with van der Waals surface area (Å²) >= 11 is 0. The van der Waals surface area contributed by atoms with E-state index in [1.165, 1.54) is 0 Å². The molecule has 3 aromatic carbocycles. The summed E-state index contributed by atoms with van der Waals surface area (Å²) in [4.78, 5) is 26.7. The highest BCUT2D eigenvalue weighted by molar-refractivity contribution is 6.04. The monoisotopic (exact) mass is 358 g/mol. The van der Waals surface area contributed by atoms with E-state index in [0.717, 1.165) is 16.8 Å². The molecular formula is C23H22N2O2. The van der Waals surface area contributed by atoms with Crippen LogP contribution in [-0.4, -0.2) is 11.8 Å². The number of para-hydroxylation sites is 1. The molecule has 0 saturated heterocycles. The first-order valence-electron chi connectivity index (χ1n) is 8.92. The molecular weight excluding hydrogens is 336 g/mol. The number of nitrogens with zero attached hydrogens (tertiary/aromatic N) is 1. The Bertz CT molecular complexity index is 865. The van der Waals surface area contributed by atoms with Crippen LogP contribution in [0.15, 0.2) is 91.0 Å². The number of carbonyl (C=O) groups is 2. The van der Waals surface area contributed by atoms with Crippen molar-refractivity contribution in [2.75, 3.05) is 4.90 Å². The third kappa shape index (κ3) is 5.54. The molecule has 0 aliphatic heterocycles. The smallest absolute Gasteiger partial charge is 0.236 e. The molecule has 0 unspecified atom stereocenters. The molecule has 0 aliphatic rings. The quantitative estimate of drug-likeness (QED) is 0.651. The maximum absolute atomic E-state index is 12.8. The van der Waals surface area contributed by atoms with Crippen LogP contribution in [0.25, 0.3) is 0 Å². The summed E-state index contributed by atoms with van der Waals surface area (Å²) in [6.07, 6.45) is -0.186. The zero-order valence-corrected chi connectivity index (χ0v) is 15.0. The molecule has 4 nitrogen and oxygen atoms in total. The molecule has 0 spiro atoms. The van der Waals surface area contributed by atoms with Crippen LogP contribution in [-0.2, 0) is 22.7 Å². The average Bonchev–Trinajstić information content (AvgIpc) is 2.72. The number of anilines is 1. The molecule has 0 atom stereocenters. The molecule has 0 radical (unpaired) electrons. The van der Waals surface area contributed by atoms with E-state index in [0.29, 0.717) is 13.1 Å². The molecule has 1 N–H and O–H groups in total. The average molecular weight is 358 g/mol. The van der Waals surface area contributed by atoms with E-state index in [4.69, 9.17) is 0 Å². The van der Waals surface area contributed by atoms with E-state index in [1.54, 1.807) is 4.90 Å². The molecule has 136 valence electrons. The van der Waals surface area contributed by atoms with Crippen LogP contribution >= 0.6 is 0 Å². The second-order valence-corrected chi connectivity index (χ2v) is 6.24. The Hall–Kier alpha value is -3.40. The Balaban J connectivity index is 1.66. The van der Waals surface area contributed by atoms with Gasteiger partial charge >= 0.3 is 0 Å². The van der Waals surface area contributed by atoms with E-state index in [1.807, 2.05) is 91.0 Å². The van der Waals surface area contributed by atoms with Crippen molar-refractivity contribution in [3.63, 3.8) is 0 Å². The van der Waals surface area contributed by atoms with Crippen LogP contribution in [0, 0.1) is 0 Å².